The van der Waals surface area contributed by atoms with Crippen LogP contribution in [0, 0.1) is 5.95 Å². The van der Waals surface area contributed by atoms with Crippen LogP contribution < -0.4 is 16.8 Å². The maximum absolute atomic E-state index is 14.7. The first-order valence-electron chi connectivity index (χ1n) is 11.5. The Morgan fingerprint density at radius 1 is 1.22 bits per heavy atom. The summed E-state index contributed by atoms with van der Waals surface area (Å²) in [6.07, 6.45) is 0.0434. The molecule has 36 heavy (non-hydrogen) atoms. The average Bonchev–Trinajstić information content (AvgIpc) is 3.54. The van der Waals surface area contributed by atoms with Gasteiger partial charge in [0.2, 0.25) is 5.95 Å². The molecule has 1 aromatic carbocycles. The number of aromatic nitrogens is 3. The minimum absolute atomic E-state index is 0.118. The van der Waals surface area contributed by atoms with Gasteiger partial charge in [0, 0.05) is 5.56 Å². The largest absolute Gasteiger partial charge is 0.439 e. The van der Waals surface area contributed by atoms with E-state index in [9.17, 15) is 23.2 Å². The fraction of sp³-hybridized carbons (Fsp3) is 0.333. The fourth-order valence-electron chi connectivity index (χ4n) is 4.30. The lowest BCUT2D eigenvalue weighted by molar-refractivity contribution is -0.446. The van der Waals surface area contributed by atoms with Crippen molar-refractivity contribution in [2.24, 2.45) is 0 Å². The van der Waals surface area contributed by atoms with Gasteiger partial charge in [0.05, 0.1) is 18.2 Å². The Morgan fingerprint density at radius 2 is 1.97 bits per heavy atom. The number of benzene rings is 1. The summed E-state index contributed by atoms with van der Waals surface area (Å²) < 4.78 is 35.3. The zero-order valence-corrected chi connectivity index (χ0v) is 19.1. The third-order valence-corrected chi connectivity index (χ3v) is 6.21. The van der Waals surface area contributed by atoms with E-state index in [4.69, 9.17) is 5.73 Å². The smallest absolute Gasteiger partial charge is 0.373 e. The van der Waals surface area contributed by atoms with Crippen molar-refractivity contribution in [2.75, 3.05) is 12.3 Å². The number of amides is 2. The molecule has 1 fully saturated rings. The second kappa shape index (κ2) is 9.44. The molecule has 1 saturated carbocycles. The van der Waals surface area contributed by atoms with Crippen LogP contribution in [-0.4, -0.2) is 49.6 Å². The number of nitrogens with zero attached hydrogens (tertiary/aromatic N) is 4. The Bertz CT molecular complexity index is 1410. The molecule has 3 N–H and O–H groups in total. The summed E-state index contributed by atoms with van der Waals surface area (Å²) in [4.78, 5) is 42.0. The molecule has 12 heteroatoms. The number of pyridine rings is 1. The molecule has 0 spiro atoms. The van der Waals surface area contributed by atoms with Crippen LogP contribution in [0.15, 0.2) is 51.7 Å². The highest BCUT2D eigenvalue weighted by molar-refractivity contribution is 6.38. The number of nitrogens with one attached hydrogen (secondary N) is 1. The summed E-state index contributed by atoms with van der Waals surface area (Å²) >= 11 is 0. The van der Waals surface area contributed by atoms with Crippen LogP contribution in [0.1, 0.15) is 48.0 Å². The van der Waals surface area contributed by atoms with Crippen LogP contribution in [0.25, 0.3) is 0 Å². The molecule has 186 valence electrons. The standard InChI is InChI=1S/C24H22F2N6O4/c25-15-10-18(31(11-15)19(33)12-32-24(35)36-23(27)30-32)22(34)29-20(14-4-2-1-3-5-14)17-9-8-16(13-6-7-13)21(26)28-17/h1-5,8-9,13,15,20H,6-7,10-12H2,(H2-,27,29,30,34)/p+1/t15-,20+/m1/s1. The van der Waals surface area contributed by atoms with Crippen molar-refractivity contribution in [2.45, 2.75) is 43.9 Å². The van der Waals surface area contributed by atoms with Gasteiger partial charge < -0.3 is 15.5 Å². The highest BCUT2D eigenvalue weighted by Gasteiger charge is 2.41. The molecular formula is C24H23F2N6O4+. The Kier molecular flexibility index (Phi) is 6.17. The van der Waals surface area contributed by atoms with Crippen molar-refractivity contribution in [1.29, 1.82) is 0 Å². The Morgan fingerprint density at radius 3 is 2.61 bits per heavy atom. The van der Waals surface area contributed by atoms with Crippen LogP contribution in [0.2, 0.25) is 0 Å². The molecular weight excluding hydrogens is 474 g/mol. The van der Waals surface area contributed by atoms with Gasteiger partial charge in [-0.1, -0.05) is 36.4 Å². The molecule has 0 bridgehead atoms. The summed E-state index contributed by atoms with van der Waals surface area (Å²) in [5.41, 5.74) is 6.66. The lowest BCUT2D eigenvalue weighted by atomic mass is 10.0. The highest BCUT2D eigenvalue weighted by atomic mass is 19.1. The van der Waals surface area contributed by atoms with Crippen molar-refractivity contribution in [3.8, 4) is 0 Å². The SMILES string of the molecule is Nc1nn(CC(=O)[N+]2=C(C(=O)N[C@@H](c3ccccc3)c3ccc(C4CC4)c(F)n3)C[C@@H](F)C2)c(=O)o1. The number of carbonyl (C=O) groups excluding carboxylic acids is 2. The molecule has 2 atom stereocenters. The number of alkyl halides is 1. The summed E-state index contributed by atoms with van der Waals surface area (Å²) in [5, 5.41) is 6.37. The van der Waals surface area contributed by atoms with Gasteiger partial charge in [-0.3, -0.25) is 4.79 Å². The molecule has 2 aromatic heterocycles. The third-order valence-electron chi connectivity index (χ3n) is 6.21. The third kappa shape index (κ3) is 4.79. The summed E-state index contributed by atoms with van der Waals surface area (Å²) in [6, 6.07) is 10.9. The van der Waals surface area contributed by atoms with Gasteiger partial charge in [-0.2, -0.15) is 13.6 Å². The predicted molar refractivity (Wildman–Crippen MR) is 122 cm³/mol. The van der Waals surface area contributed by atoms with Crippen molar-refractivity contribution in [3.63, 3.8) is 0 Å². The zero-order chi connectivity index (χ0) is 25.4. The van der Waals surface area contributed by atoms with Gasteiger partial charge >= 0.3 is 23.6 Å². The van der Waals surface area contributed by atoms with Gasteiger partial charge in [-0.15, -0.1) is 5.10 Å². The topological polar surface area (TPSA) is 136 Å². The lowest BCUT2D eigenvalue weighted by Gasteiger charge is -2.19. The summed E-state index contributed by atoms with van der Waals surface area (Å²) in [6.45, 7) is -0.941. The maximum atomic E-state index is 14.7. The molecule has 1 aliphatic heterocycles. The second-order valence-electron chi connectivity index (χ2n) is 8.82. The molecule has 0 saturated heterocycles. The van der Waals surface area contributed by atoms with Crippen molar-refractivity contribution in [1.82, 2.24) is 20.1 Å². The van der Waals surface area contributed by atoms with Crippen LogP contribution in [0.3, 0.4) is 0 Å². The number of hydrogen-bond acceptors (Lipinski definition) is 7. The van der Waals surface area contributed by atoms with Crippen LogP contribution in [-0.2, 0) is 16.1 Å². The molecule has 0 radical (unpaired) electrons. The van der Waals surface area contributed by atoms with E-state index in [-0.39, 0.29) is 30.3 Å². The highest BCUT2D eigenvalue weighted by Crippen LogP contribution is 2.41. The van der Waals surface area contributed by atoms with Crippen molar-refractivity contribution in [3.05, 3.63) is 75.8 Å². The van der Waals surface area contributed by atoms with E-state index in [0.29, 0.717) is 15.8 Å². The van der Waals surface area contributed by atoms with E-state index in [1.165, 1.54) is 0 Å². The molecule has 5 rings (SSSR count). The number of hydrogen-bond donors (Lipinski definition) is 2. The Hall–Kier alpha value is -4.22. The number of nitrogen functional groups attached to an aromatic ring is 1. The van der Waals surface area contributed by atoms with E-state index in [0.717, 1.165) is 17.4 Å². The Labute approximate surface area is 203 Å². The molecule has 1 aliphatic carbocycles. The van der Waals surface area contributed by atoms with Gasteiger partial charge in [0.1, 0.15) is 0 Å². The van der Waals surface area contributed by atoms with Gasteiger partial charge in [-0.25, -0.2) is 19.0 Å². The average molecular weight is 497 g/mol. The van der Waals surface area contributed by atoms with Gasteiger partial charge in [0.15, 0.2) is 19.3 Å². The van der Waals surface area contributed by atoms with Gasteiger partial charge in [0.25, 0.3) is 5.71 Å². The molecule has 2 amide bonds. The second-order valence-corrected chi connectivity index (χ2v) is 8.82. The number of rotatable bonds is 7. The molecule has 0 unspecified atom stereocenters. The van der Waals surface area contributed by atoms with E-state index in [1.807, 2.05) is 0 Å². The predicted octanol–water partition coefficient (Wildman–Crippen LogP) is 1.46. The molecule has 2 aliphatic rings. The van der Waals surface area contributed by atoms with Crippen LogP contribution >= 0.6 is 0 Å². The maximum Gasteiger partial charge on any atom is 0.439 e. The minimum Gasteiger partial charge on any atom is -0.373 e. The quantitative estimate of drug-likeness (QED) is 0.373. The molecule has 3 heterocycles. The van der Waals surface area contributed by atoms with E-state index in [1.54, 1.807) is 42.5 Å². The van der Waals surface area contributed by atoms with Crippen LogP contribution in [0.5, 0.6) is 0 Å². The first-order chi connectivity index (χ1) is 17.3. The number of nitrogens with two attached hydrogens (primary N) is 1. The van der Waals surface area contributed by atoms with Crippen molar-refractivity contribution >= 4 is 23.5 Å². The van der Waals surface area contributed by atoms with Crippen LogP contribution in [0.4, 0.5) is 14.8 Å². The number of anilines is 1. The molecule has 10 nitrogen and oxygen atoms in total. The van der Waals surface area contributed by atoms with Crippen molar-refractivity contribution < 1.29 is 27.4 Å². The monoisotopic (exact) mass is 497 g/mol. The van der Waals surface area contributed by atoms with E-state index >= 15 is 0 Å². The van der Waals surface area contributed by atoms with Gasteiger partial charge in [-0.05, 0) is 30.4 Å². The number of carbonyl (C=O) groups is 2. The lowest BCUT2D eigenvalue weighted by Crippen LogP contribution is -2.40. The minimum atomic E-state index is -1.47. The Balaban J connectivity index is 1.44. The first-order valence-corrected chi connectivity index (χ1v) is 11.5. The first kappa shape index (κ1) is 23.5. The number of halogens is 2. The fourth-order valence-corrected chi connectivity index (χ4v) is 4.30. The summed E-state index contributed by atoms with van der Waals surface area (Å²) in [7, 11) is 0. The van der Waals surface area contributed by atoms with E-state index < -0.39 is 48.3 Å². The molecule has 3 aromatic rings. The zero-order valence-electron chi connectivity index (χ0n) is 19.1. The summed E-state index contributed by atoms with van der Waals surface area (Å²) in [5.74, 6) is -2.81. The van der Waals surface area contributed by atoms with E-state index in [2.05, 4.69) is 19.8 Å². The normalized spacial score (nSPS) is 18.3.